The third kappa shape index (κ3) is 2.66. The second-order valence-electron chi connectivity index (χ2n) is 8.91. The van der Waals surface area contributed by atoms with Gasteiger partial charge in [0.2, 0.25) is 5.78 Å². The fourth-order valence-electron chi connectivity index (χ4n) is 5.65. The Labute approximate surface area is 187 Å². The Morgan fingerprint density at radius 3 is 2.33 bits per heavy atom. The number of hydrogen-bond acceptors (Lipinski definition) is 9. The van der Waals surface area contributed by atoms with Crippen molar-refractivity contribution in [2.24, 2.45) is 17.6 Å². The minimum atomic E-state index is -2.99. The molecule has 1 aromatic carbocycles. The summed E-state index contributed by atoms with van der Waals surface area (Å²) in [6.45, 7) is 1.46. The number of carbonyl (C=O) groups is 3. The minimum absolute atomic E-state index is 0.188. The maximum atomic E-state index is 14.7. The first-order valence-corrected chi connectivity index (χ1v) is 10.1. The average Bonchev–Trinajstić information content (AvgIpc) is 2.72. The van der Waals surface area contributed by atoms with E-state index in [1.54, 1.807) is 0 Å². The van der Waals surface area contributed by atoms with Crippen molar-refractivity contribution in [3.63, 3.8) is 0 Å². The second kappa shape index (κ2) is 7.11. The van der Waals surface area contributed by atoms with Gasteiger partial charge in [0, 0.05) is 17.1 Å². The largest absolute Gasteiger partial charge is 0.510 e. The number of aliphatic hydroxyl groups excluding tert-OH is 3. The molecule has 3 aliphatic rings. The van der Waals surface area contributed by atoms with Crippen LogP contribution in [0.1, 0.15) is 28.8 Å². The molecule has 4 rings (SSSR count). The number of hydrogen-bond donors (Lipinski definition) is 6. The van der Waals surface area contributed by atoms with Gasteiger partial charge in [-0.3, -0.25) is 19.3 Å². The van der Waals surface area contributed by atoms with Gasteiger partial charge in [0.05, 0.1) is 23.6 Å². The monoisotopic (exact) mass is 462 g/mol. The molecule has 0 spiro atoms. The molecule has 0 aromatic heterocycles. The van der Waals surface area contributed by atoms with Crippen LogP contribution in [0.25, 0.3) is 0 Å². The Morgan fingerprint density at radius 2 is 1.79 bits per heavy atom. The van der Waals surface area contributed by atoms with Crippen LogP contribution >= 0.6 is 0 Å². The Kier molecular flexibility index (Phi) is 4.93. The third-order valence-electron chi connectivity index (χ3n) is 7.06. The second-order valence-corrected chi connectivity index (χ2v) is 8.91. The predicted molar refractivity (Wildman–Crippen MR) is 110 cm³/mol. The summed E-state index contributed by atoms with van der Waals surface area (Å²) >= 11 is 0. The molecule has 0 heterocycles. The first-order chi connectivity index (χ1) is 15.3. The SMILES string of the molecule is C[C@H]1c2c(F)ccc(O)c2C(=O)C2=C(O)[C@]3(O)C(=O)C(C(N)=O)=C(O)[C@@H](N(C)C)[C@@H]3[C@@H](O)[C@@H]21. The molecule has 0 fully saturated rings. The first-order valence-electron chi connectivity index (χ1n) is 10.1. The average molecular weight is 462 g/mol. The van der Waals surface area contributed by atoms with Crippen molar-refractivity contribution in [1.29, 1.82) is 0 Å². The molecular formula is C22H23FN2O8. The number of fused-ring (bicyclic) bond motifs is 3. The topological polar surface area (TPSA) is 182 Å². The summed E-state index contributed by atoms with van der Waals surface area (Å²) in [6.07, 6.45) is -1.76. The van der Waals surface area contributed by atoms with E-state index in [1.807, 2.05) is 0 Å². The highest BCUT2D eigenvalue weighted by Crippen LogP contribution is 2.55. The van der Waals surface area contributed by atoms with Crippen molar-refractivity contribution in [3.05, 3.63) is 51.7 Å². The Hall–Kier alpha value is -3.28. The lowest BCUT2D eigenvalue weighted by atomic mass is 9.55. The van der Waals surface area contributed by atoms with Gasteiger partial charge in [0.25, 0.3) is 5.91 Å². The standard InChI is InChI=1S/C22H23FN2O8/c1-6-9-7(23)4-5-8(26)11(9)16(27)12-10(6)17(28)14-15(25(2)3)18(29)13(21(24)32)20(31)22(14,33)19(12)30/h4-6,10,14-15,17,26,28-30,33H,1-3H3,(H2,24,32)/t6-,10+,14+,15-,17-,22-/m0/s1. The number of halogens is 1. The maximum Gasteiger partial charge on any atom is 0.255 e. The zero-order valence-electron chi connectivity index (χ0n) is 17.9. The quantitative estimate of drug-likeness (QED) is 0.324. The first kappa shape index (κ1) is 22.9. The van der Waals surface area contributed by atoms with Gasteiger partial charge in [-0.2, -0.15) is 0 Å². The lowest BCUT2D eigenvalue weighted by molar-refractivity contribution is -0.162. The molecule has 1 aromatic rings. The number of ketones is 2. The summed E-state index contributed by atoms with van der Waals surface area (Å²) in [6, 6.07) is 0.540. The molecule has 0 bridgehead atoms. The van der Waals surface area contributed by atoms with E-state index >= 15 is 0 Å². The molecule has 0 unspecified atom stereocenters. The number of phenols is 1. The molecule has 3 aliphatic carbocycles. The number of amides is 1. The Morgan fingerprint density at radius 1 is 1.18 bits per heavy atom. The van der Waals surface area contributed by atoms with Gasteiger partial charge in [-0.25, -0.2) is 4.39 Å². The number of likely N-dealkylation sites (N-methyl/N-ethyl adjacent to an activating group) is 1. The summed E-state index contributed by atoms with van der Waals surface area (Å²) in [5.41, 5.74) is 0.0381. The molecule has 10 nitrogen and oxygen atoms in total. The van der Waals surface area contributed by atoms with Gasteiger partial charge in [-0.1, -0.05) is 6.92 Å². The zero-order chi connectivity index (χ0) is 24.7. The van der Waals surface area contributed by atoms with Crippen LogP contribution in [0.4, 0.5) is 4.39 Å². The van der Waals surface area contributed by atoms with Crippen LogP contribution < -0.4 is 5.73 Å². The smallest absolute Gasteiger partial charge is 0.255 e. The molecule has 11 heteroatoms. The molecular weight excluding hydrogens is 439 g/mol. The van der Waals surface area contributed by atoms with Gasteiger partial charge in [-0.05, 0) is 32.1 Å². The van der Waals surface area contributed by atoms with Crippen LogP contribution in [0.5, 0.6) is 5.75 Å². The Bertz CT molecular complexity index is 1190. The van der Waals surface area contributed by atoms with E-state index in [9.17, 15) is 44.3 Å². The summed E-state index contributed by atoms with van der Waals surface area (Å²) in [7, 11) is 2.86. The highest BCUT2D eigenvalue weighted by atomic mass is 19.1. The molecule has 176 valence electrons. The van der Waals surface area contributed by atoms with Gasteiger partial charge >= 0.3 is 0 Å². The van der Waals surface area contributed by atoms with E-state index in [2.05, 4.69) is 0 Å². The van der Waals surface area contributed by atoms with E-state index < -0.39 is 92.8 Å². The van der Waals surface area contributed by atoms with Crippen molar-refractivity contribution in [2.75, 3.05) is 14.1 Å². The van der Waals surface area contributed by atoms with Crippen LogP contribution in [0.2, 0.25) is 0 Å². The molecule has 33 heavy (non-hydrogen) atoms. The molecule has 6 atom stereocenters. The number of rotatable bonds is 2. The summed E-state index contributed by atoms with van der Waals surface area (Å²) < 4.78 is 14.7. The predicted octanol–water partition coefficient (Wildman–Crippen LogP) is -0.208. The number of aliphatic hydroxyl groups is 4. The van der Waals surface area contributed by atoms with Crippen LogP contribution in [-0.4, -0.2) is 79.7 Å². The summed E-state index contributed by atoms with van der Waals surface area (Å²) in [4.78, 5) is 39.7. The summed E-state index contributed by atoms with van der Waals surface area (Å²) in [5.74, 6) is -11.2. The van der Waals surface area contributed by atoms with Crippen molar-refractivity contribution >= 4 is 17.5 Å². The lowest BCUT2D eigenvalue weighted by Crippen LogP contribution is -2.68. The normalized spacial score (nSPS) is 33.7. The highest BCUT2D eigenvalue weighted by Gasteiger charge is 2.67. The molecule has 1 amide bonds. The van der Waals surface area contributed by atoms with Crippen molar-refractivity contribution in [1.82, 2.24) is 4.90 Å². The van der Waals surface area contributed by atoms with Crippen molar-refractivity contribution < 1.29 is 44.3 Å². The van der Waals surface area contributed by atoms with E-state index in [0.717, 1.165) is 12.1 Å². The van der Waals surface area contributed by atoms with Crippen LogP contribution in [-0.2, 0) is 9.59 Å². The number of nitrogens with two attached hydrogens (primary N) is 1. The number of benzene rings is 1. The van der Waals surface area contributed by atoms with Gasteiger partial charge in [0.1, 0.15) is 28.7 Å². The van der Waals surface area contributed by atoms with Gasteiger partial charge in [0.15, 0.2) is 11.4 Å². The number of phenolic OH excluding ortho intramolecular Hbond substituents is 1. The molecule has 0 saturated carbocycles. The van der Waals surface area contributed by atoms with Crippen LogP contribution in [0, 0.1) is 17.7 Å². The number of aromatic hydroxyl groups is 1. The number of carbonyl (C=O) groups excluding carboxylic acids is 3. The van der Waals surface area contributed by atoms with Gasteiger partial charge in [-0.15, -0.1) is 0 Å². The molecule has 7 N–H and O–H groups in total. The number of nitrogens with zero attached hydrogens (tertiary/aromatic N) is 1. The third-order valence-corrected chi connectivity index (χ3v) is 7.06. The minimum Gasteiger partial charge on any atom is -0.510 e. The fourth-order valence-corrected chi connectivity index (χ4v) is 5.65. The number of Topliss-reactive ketones (excluding diaryl/α,β-unsaturated/α-hetero) is 2. The van der Waals surface area contributed by atoms with Crippen LogP contribution in [0.3, 0.4) is 0 Å². The van der Waals surface area contributed by atoms with E-state index in [4.69, 9.17) is 5.73 Å². The van der Waals surface area contributed by atoms with Gasteiger partial charge < -0.3 is 31.3 Å². The highest BCUT2D eigenvalue weighted by molar-refractivity contribution is 6.25. The fraction of sp³-hybridized carbons (Fsp3) is 0.409. The van der Waals surface area contributed by atoms with E-state index in [1.165, 1.54) is 25.9 Å². The Balaban J connectivity index is 2.08. The van der Waals surface area contributed by atoms with Crippen molar-refractivity contribution in [3.8, 4) is 5.75 Å². The molecule has 0 radical (unpaired) electrons. The molecule has 0 saturated heterocycles. The van der Waals surface area contributed by atoms with Crippen LogP contribution in [0.15, 0.2) is 34.8 Å². The van der Waals surface area contributed by atoms with E-state index in [0.29, 0.717) is 0 Å². The summed E-state index contributed by atoms with van der Waals surface area (Å²) in [5, 5.41) is 54.9. The zero-order valence-corrected chi connectivity index (χ0v) is 17.9. The lowest BCUT2D eigenvalue weighted by Gasteiger charge is -2.53. The van der Waals surface area contributed by atoms with Crippen molar-refractivity contribution in [2.45, 2.75) is 30.6 Å². The molecule has 0 aliphatic heterocycles. The maximum absolute atomic E-state index is 14.7. The van der Waals surface area contributed by atoms with E-state index in [-0.39, 0.29) is 5.56 Å². The number of primary amides is 1.